The quantitative estimate of drug-likeness (QED) is 0.0280. The number of carbonyl (C=O) groups is 10. The van der Waals surface area contributed by atoms with Gasteiger partial charge in [0.15, 0.2) is 11.6 Å². The fraction of sp³-hybridized carbons (Fsp3) is 0.536. The molecule has 8 amide bonds. The van der Waals surface area contributed by atoms with E-state index in [9.17, 15) is 56.7 Å². The number of hydrogen-bond acceptors (Lipinski definition) is 14. The average molecular weight is 1290 g/mol. The van der Waals surface area contributed by atoms with E-state index < -0.39 is 83.1 Å². The summed E-state index contributed by atoms with van der Waals surface area (Å²) < 4.78 is 38.2. The summed E-state index contributed by atoms with van der Waals surface area (Å²) in [5.41, 5.74) is 0.753. The fourth-order valence-electron chi connectivity index (χ4n) is 11.0. The van der Waals surface area contributed by atoms with Gasteiger partial charge in [0.25, 0.3) is 0 Å². The van der Waals surface area contributed by atoms with Gasteiger partial charge >= 0.3 is 12.2 Å². The van der Waals surface area contributed by atoms with E-state index in [4.69, 9.17) is 9.47 Å². The highest BCUT2D eigenvalue weighted by Crippen LogP contribution is 2.35. The maximum absolute atomic E-state index is 14.5. The first-order valence-electron chi connectivity index (χ1n) is 32.2. The number of ether oxygens (including phenoxy) is 2. The largest absolute Gasteiger partial charge is 0.444 e. The zero-order valence-electron chi connectivity index (χ0n) is 55.3. The van der Waals surface area contributed by atoms with Gasteiger partial charge in [0.05, 0.1) is 12.1 Å². The van der Waals surface area contributed by atoms with Crippen molar-refractivity contribution in [1.82, 2.24) is 50.8 Å². The minimum Gasteiger partial charge on any atom is -0.444 e. The van der Waals surface area contributed by atoms with Crippen molar-refractivity contribution in [2.24, 2.45) is 0 Å². The minimum absolute atomic E-state index is 0.174. The second kappa shape index (κ2) is 34.3. The molecule has 2 aromatic heterocycles. The minimum atomic E-state index is -1.00. The van der Waals surface area contributed by atoms with Crippen LogP contribution in [0.1, 0.15) is 207 Å². The molecule has 4 N–H and O–H groups in total. The van der Waals surface area contributed by atoms with Crippen molar-refractivity contribution < 1.29 is 66.2 Å². The molecule has 22 nitrogen and oxygen atoms in total. The van der Waals surface area contributed by atoms with Crippen molar-refractivity contribution in [2.45, 2.75) is 199 Å². The number of carbonyl (C=O) groups excluding carboxylic acids is 10. The molecule has 2 aromatic carbocycles. The molecule has 0 spiro atoms. The predicted octanol–water partition coefficient (Wildman–Crippen LogP) is 9.25. The van der Waals surface area contributed by atoms with E-state index in [-0.39, 0.29) is 83.1 Å². The number of unbranched alkanes of at least 4 members (excludes halogenated alkanes) is 4. The molecular formula is C69H92F2N10O12. The first-order chi connectivity index (χ1) is 44.0. The van der Waals surface area contributed by atoms with Crippen LogP contribution in [0.2, 0.25) is 0 Å². The van der Waals surface area contributed by atoms with Gasteiger partial charge in [-0.2, -0.15) is 0 Å². The van der Waals surface area contributed by atoms with Crippen LogP contribution in [0.25, 0.3) is 0 Å². The molecule has 0 saturated carbocycles. The number of pyridine rings is 2. The van der Waals surface area contributed by atoms with Crippen molar-refractivity contribution in [3.63, 3.8) is 0 Å². The Labute approximate surface area is 544 Å². The number of nitrogens with zero attached hydrogens (tertiary/aromatic N) is 6. The normalized spacial score (nSPS) is 16.0. The summed E-state index contributed by atoms with van der Waals surface area (Å²) in [7, 11) is 2.88. The van der Waals surface area contributed by atoms with Crippen LogP contribution < -0.4 is 21.3 Å². The summed E-state index contributed by atoms with van der Waals surface area (Å²) in [5.74, 6) is -3.84. The Morgan fingerprint density at radius 2 is 0.892 bits per heavy atom. The van der Waals surface area contributed by atoms with E-state index in [0.29, 0.717) is 108 Å². The Kier molecular flexibility index (Phi) is 27.0. The monoisotopic (exact) mass is 1290 g/mol. The number of hydrogen-bond donors (Lipinski definition) is 4. The Morgan fingerprint density at radius 3 is 1.25 bits per heavy atom. The highest BCUT2D eigenvalue weighted by molar-refractivity contribution is 6.09. The van der Waals surface area contributed by atoms with Crippen LogP contribution in [0.4, 0.5) is 18.4 Å². The topological polar surface area (TPSA) is 276 Å². The van der Waals surface area contributed by atoms with Gasteiger partial charge in [-0.25, -0.2) is 18.4 Å². The second-order valence-electron chi connectivity index (χ2n) is 26.0. The lowest BCUT2D eigenvalue weighted by Gasteiger charge is -2.32. The van der Waals surface area contributed by atoms with Gasteiger partial charge in [-0.3, -0.25) is 58.1 Å². The first-order valence-corrected chi connectivity index (χ1v) is 32.2. The molecule has 6 rings (SSSR count). The summed E-state index contributed by atoms with van der Waals surface area (Å²) in [6.45, 7) is 14.7. The zero-order chi connectivity index (χ0) is 68.2. The number of benzene rings is 2. The molecule has 6 atom stereocenters. The molecule has 24 heteroatoms. The van der Waals surface area contributed by atoms with Crippen molar-refractivity contribution in [3.05, 3.63) is 130 Å². The van der Waals surface area contributed by atoms with E-state index in [1.807, 2.05) is 0 Å². The van der Waals surface area contributed by atoms with Gasteiger partial charge in [0.1, 0.15) is 47.0 Å². The summed E-state index contributed by atoms with van der Waals surface area (Å²) in [6, 6.07) is 8.83. The van der Waals surface area contributed by atoms with E-state index in [1.165, 1.54) is 88.9 Å². The van der Waals surface area contributed by atoms with Gasteiger partial charge in [0.2, 0.25) is 35.4 Å². The van der Waals surface area contributed by atoms with Crippen LogP contribution in [-0.4, -0.2) is 164 Å². The summed E-state index contributed by atoms with van der Waals surface area (Å²) in [6.07, 6.45) is 11.5. The average Bonchev–Trinajstić information content (AvgIpc) is 1.77. The molecule has 0 unspecified atom stereocenters. The second-order valence-corrected chi connectivity index (χ2v) is 26.0. The molecule has 0 aliphatic carbocycles. The molecule has 2 fully saturated rings. The molecule has 0 bridgehead atoms. The number of amides is 8. The Morgan fingerprint density at radius 1 is 0.527 bits per heavy atom. The van der Waals surface area contributed by atoms with E-state index in [1.54, 1.807) is 75.9 Å². The lowest BCUT2D eigenvalue weighted by atomic mass is 9.99. The van der Waals surface area contributed by atoms with Gasteiger partial charge in [0, 0.05) is 100 Å². The highest BCUT2D eigenvalue weighted by atomic mass is 19.1. The maximum atomic E-state index is 14.5. The summed E-state index contributed by atoms with van der Waals surface area (Å²) in [5, 5.41) is 11.6. The number of likely N-dealkylation sites (tertiary alicyclic amines) is 2. The van der Waals surface area contributed by atoms with Crippen LogP contribution in [0.3, 0.4) is 0 Å². The van der Waals surface area contributed by atoms with Crippen LogP contribution in [0, 0.1) is 11.6 Å². The Bertz CT molecular complexity index is 3050. The lowest BCUT2D eigenvalue weighted by molar-refractivity contribution is -0.138. The summed E-state index contributed by atoms with van der Waals surface area (Å²) in [4.78, 5) is 149. The van der Waals surface area contributed by atoms with E-state index in [2.05, 4.69) is 31.2 Å². The Balaban J connectivity index is 0.956. The third kappa shape index (κ3) is 22.3. The molecule has 2 aliphatic rings. The van der Waals surface area contributed by atoms with E-state index in [0.717, 1.165) is 9.80 Å². The van der Waals surface area contributed by atoms with Crippen LogP contribution in [-0.2, 0) is 38.2 Å². The molecule has 504 valence electrons. The van der Waals surface area contributed by atoms with Crippen molar-refractivity contribution in [1.29, 1.82) is 0 Å². The molecule has 4 heterocycles. The molecule has 0 radical (unpaired) electrons. The molecule has 2 saturated heterocycles. The third-order valence-corrected chi connectivity index (χ3v) is 16.4. The number of aromatic nitrogens is 2. The smallest absolute Gasteiger partial charge is 0.410 e. The lowest BCUT2D eigenvalue weighted by Crippen LogP contribution is -2.54. The standard InChI is InChI=1S/C69H92F2N10O12/c1-44(78(9)66(90)92-68(3,4)5)62(86)76-54(64(88)80-36-18-22-56(80)48-38-50(42-72-40-48)60(84)46-26-30-52(70)31-27-46)20-14-16-34-74-58(82)24-12-11-13-25-59(83)75-35-17-15-21-55(77-63(87)45(2)79(10)67(91)93-69(6,7)8)65(89)81-37-19-23-57(81)49-39-51(43-73-41-49)61(85)47-28-32-53(71)33-29-47/h26-33,38-45,54-57H,11-25,34-37H2,1-10H3,(H,74,82)(H,75,83)(H,76,86)(H,77,87)/t44-,45-,54-,55-,56-,57-/m0/s1. The van der Waals surface area contributed by atoms with Gasteiger partial charge < -0.3 is 40.5 Å². The number of halogens is 2. The van der Waals surface area contributed by atoms with Crippen molar-refractivity contribution >= 4 is 59.2 Å². The van der Waals surface area contributed by atoms with Gasteiger partial charge in [-0.1, -0.05) is 6.42 Å². The molecular weight excluding hydrogens is 1200 g/mol. The predicted molar refractivity (Wildman–Crippen MR) is 343 cm³/mol. The molecule has 2 aliphatic heterocycles. The highest BCUT2D eigenvalue weighted by Gasteiger charge is 2.39. The summed E-state index contributed by atoms with van der Waals surface area (Å²) >= 11 is 0. The van der Waals surface area contributed by atoms with Crippen molar-refractivity contribution in [3.8, 4) is 0 Å². The van der Waals surface area contributed by atoms with Crippen LogP contribution >= 0.6 is 0 Å². The first kappa shape index (κ1) is 73.4. The molecule has 93 heavy (non-hydrogen) atoms. The third-order valence-electron chi connectivity index (χ3n) is 16.4. The zero-order valence-corrected chi connectivity index (χ0v) is 55.3. The van der Waals surface area contributed by atoms with E-state index >= 15 is 0 Å². The SMILES string of the molecule is C[C@@H](C(=O)N[C@@H](CCCCNC(=O)CCCCCC(=O)NCCCC[C@H](NC(=O)[C@H](C)N(C)C(=O)OC(C)(C)C)C(=O)N1CCC[C@H]1c1cncc(C(=O)c2ccc(F)cc2)c1)C(=O)N1CCC[C@H]1c1cncc(C(=O)c2ccc(F)cc2)c1)N(C)C(=O)OC(C)(C)C. The number of likely N-dealkylation sites (N-methyl/N-ethyl adjacent to an activating group) is 2. The van der Waals surface area contributed by atoms with Crippen LogP contribution in [0.5, 0.6) is 0 Å². The van der Waals surface area contributed by atoms with Gasteiger partial charge in [-0.05, 0) is 204 Å². The van der Waals surface area contributed by atoms with Gasteiger partial charge in [-0.15, -0.1) is 0 Å². The number of nitrogens with one attached hydrogen (secondary N) is 4. The Hall–Kier alpha value is -8.70. The van der Waals surface area contributed by atoms with Crippen LogP contribution in [0.15, 0.2) is 85.5 Å². The maximum Gasteiger partial charge on any atom is 0.410 e. The number of rotatable bonds is 30. The van der Waals surface area contributed by atoms with Crippen molar-refractivity contribution in [2.75, 3.05) is 40.3 Å². The number of ketones is 2. The fourth-order valence-corrected chi connectivity index (χ4v) is 11.0. The molecule has 4 aromatic rings.